The van der Waals surface area contributed by atoms with Crippen LogP contribution < -0.4 is 5.73 Å². The van der Waals surface area contributed by atoms with Gasteiger partial charge in [-0.3, -0.25) is 9.59 Å². The molecule has 1 aliphatic heterocycles. The Labute approximate surface area is 95.9 Å². The van der Waals surface area contributed by atoms with Crippen molar-refractivity contribution in [1.29, 1.82) is 0 Å². The minimum atomic E-state index is -0.844. The summed E-state index contributed by atoms with van der Waals surface area (Å²) in [5.74, 6) is -0.446. The molecule has 5 nitrogen and oxygen atoms in total. The van der Waals surface area contributed by atoms with E-state index in [1.54, 1.807) is 25.7 Å². The monoisotopic (exact) mass is 228 g/mol. The Morgan fingerprint density at radius 1 is 1.44 bits per heavy atom. The van der Waals surface area contributed by atoms with E-state index in [0.717, 1.165) is 0 Å². The van der Waals surface area contributed by atoms with Crippen molar-refractivity contribution in [3.8, 4) is 0 Å². The van der Waals surface area contributed by atoms with Crippen LogP contribution in [-0.4, -0.2) is 42.5 Å². The lowest BCUT2D eigenvalue weighted by atomic mass is 9.89. The van der Waals surface area contributed by atoms with E-state index in [4.69, 9.17) is 10.5 Å². The first-order valence-electron chi connectivity index (χ1n) is 5.37. The summed E-state index contributed by atoms with van der Waals surface area (Å²) in [7, 11) is 1.50. The summed E-state index contributed by atoms with van der Waals surface area (Å²) in [6, 6.07) is 0. The van der Waals surface area contributed by atoms with Crippen LogP contribution in [0, 0.1) is 5.41 Å². The number of nitrogens with two attached hydrogens (primary N) is 1. The molecular weight excluding hydrogens is 208 g/mol. The van der Waals surface area contributed by atoms with Crippen LogP contribution in [0.1, 0.15) is 27.2 Å². The quantitative estimate of drug-likeness (QED) is 0.746. The summed E-state index contributed by atoms with van der Waals surface area (Å²) in [5.41, 5.74) is 3.89. The van der Waals surface area contributed by atoms with Crippen molar-refractivity contribution in [3.63, 3.8) is 0 Å². The maximum absolute atomic E-state index is 12.1. The van der Waals surface area contributed by atoms with E-state index in [1.807, 2.05) is 0 Å². The van der Waals surface area contributed by atoms with Gasteiger partial charge in [-0.2, -0.15) is 0 Å². The maximum Gasteiger partial charge on any atom is 0.254 e. The molecule has 92 valence electrons. The summed E-state index contributed by atoms with van der Waals surface area (Å²) in [6.07, 6.45) is 0.619. The first kappa shape index (κ1) is 13.0. The van der Waals surface area contributed by atoms with Gasteiger partial charge in [-0.15, -0.1) is 0 Å². The minimum Gasteiger partial charge on any atom is -0.369 e. The molecule has 1 unspecified atom stereocenters. The standard InChI is InChI=1S/C11H20N2O3/c1-10(2,16-4)9(15)13-6-5-11(3,7-13)8(12)14/h5-7H2,1-4H3,(H2,12,14). The lowest BCUT2D eigenvalue weighted by molar-refractivity contribution is -0.150. The van der Waals surface area contributed by atoms with Crippen molar-refractivity contribution in [2.45, 2.75) is 32.8 Å². The molecule has 0 bridgehead atoms. The molecule has 0 aromatic carbocycles. The van der Waals surface area contributed by atoms with Gasteiger partial charge >= 0.3 is 0 Å². The lowest BCUT2D eigenvalue weighted by Gasteiger charge is -2.29. The fourth-order valence-corrected chi connectivity index (χ4v) is 1.80. The van der Waals surface area contributed by atoms with Crippen molar-refractivity contribution >= 4 is 11.8 Å². The molecule has 1 aliphatic rings. The minimum absolute atomic E-state index is 0.0972. The van der Waals surface area contributed by atoms with Crippen molar-refractivity contribution in [1.82, 2.24) is 4.90 Å². The second-order valence-electron chi connectivity index (χ2n) is 5.12. The van der Waals surface area contributed by atoms with E-state index < -0.39 is 11.0 Å². The smallest absolute Gasteiger partial charge is 0.254 e. The number of hydrogen-bond donors (Lipinski definition) is 1. The Morgan fingerprint density at radius 2 is 2.00 bits per heavy atom. The second-order valence-corrected chi connectivity index (χ2v) is 5.12. The number of nitrogens with zero attached hydrogens (tertiary/aromatic N) is 1. The van der Waals surface area contributed by atoms with Crippen LogP contribution in [0.5, 0.6) is 0 Å². The van der Waals surface area contributed by atoms with Crippen molar-refractivity contribution in [2.75, 3.05) is 20.2 Å². The van der Waals surface area contributed by atoms with Gasteiger partial charge < -0.3 is 15.4 Å². The highest BCUT2D eigenvalue weighted by atomic mass is 16.5. The van der Waals surface area contributed by atoms with Gasteiger partial charge in [-0.25, -0.2) is 0 Å². The van der Waals surface area contributed by atoms with Gasteiger partial charge in [0.15, 0.2) is 0 Å². The zero-order valence-corrected chi connectivity index (χ0v) is 10.4. The summed E-state index contributed by atoms with van der Waals surface area (Å²) in [6.45, 7) is 6.17. The van der Waals surface area contributed by atoms with E-state index in [2.05, 4.69) is 0 Å². The molecule has 1 heterocycles. The Balaban J connectivity index is 2.74. The topological polar surface area (TPSA) is 72.6 Å². The average molecular weight is 228 g/mol. The summed E-state index contributed by atoms with van der Waals surface area (Å²) in [5, 5.41) is 0. The molecule has 0 spiro atoms. The first-order valence-corrected chi connectivity index (χ1v) is 5.37. The molecule has 5 heteroatoms. The van der Waals surface area contributed by atoms with Gasteiger partial charge in [0.1, 0.15) is 5.60 Å². The van der Waals surface area contributed by atoms with Crippen LogP contribution in [0.3, 0.4) is 0 Å². The molecule has 2 N–H and O–H groups in total. The molecule has 0 aliphatic carbocycles. The number of carbonyl (C=O) groups excluding carboxylic acids is 2. The normalized spacial score (nSPS) is 25.9. The number of rotatable bonds is 3. The Bertz CT molecular complexity index is 314. The molecule has 1 atom stereocenters. The Morgan fingerprint density at radius 3 is 2.38 bits per heavy atom. The first-order chi connectivity index (χ1) is 7.23. The number of methoxy groups -OCH3 is 1. The van der Waals surface area contributed by atoms with Crippen molar-refractivity contribution in [3.05, 3.63) is 0 Å². The van der Waals surface area contributed by atoms with E-state index >= 15 is 0 Å². The highest BCUT2D eigenvalue weighted by molar-refractivity contribution is 5.87. The van der Waals surface area contributed by atoms with Gasteiger partial charge in [-0.05, 0) is 27.2 Å². The molecule has 1 rings (SSSR count). The van der Waals surface area contributed by atoms with Crippen LogP contribution >= 0.6 is 0 Å². The van der Waals surface area contributed by atoms with E-state index in [1.165, 1.54) is 7.11 Å². The number of hydrogen-bond acceptors (Lipinski definition) is 3. The van der Waals surface area contributed by atoms with Crippen molar-refractivity contribution < 1.29 is 14.3 Å². The molecular formula is C11H20N2O3. The van der Waals surface area contributed by atoms with Crippen LogP contribution in [0.4, 0.5) is 0 Å². The number of likely N-dealkylation sites (tertiary alicyclic amines) is 1. The number of amides is 2. The molecule has 0 saturated carbocycles. The van der Waals surface area contributed by atoms with Gasteiger partial charge in [0, 0.05) is 20.2 Å². The Kier molecular flexibility index (Phi) is 3.28. The summed E-state index contributed by atoms with van der Waals surface area (Å²) < 4.78 is 5.13. The second kappa shape index (κ2) is 4.05. The van der Waals surface area contributed by atoms with Crippen LogP contribution in [-0.2, 0) is 14.3 Å². The highest BCUT2D eigenvalue weighted by Gasteiger charge is 2.43. The predicted octanol–water partition coefficient (Wildman–Crippen LogP) is 0.135. The van der Waals surface area contributed by atoms with Crippen molar-refractivity contribution in [2.24, 2.45) is 11.1 Å². The third-order valence-electron chi connectivity index (χ3n) is 3.38. The highest BCUT2D eigenvalue weighted by Crippen LogP contribution is 2.31. The number of primary amides is 1. The largest absolute Gasteiger partial charge is 0.369 e. The maximum atomic E-state index is 12.1. The van der Waals surface area contributed by atoms with E-state index in [-0.39, 0.29) is 11.8 Å². The number of carbonyl (C=O) groups is 2. The molecule has 1 saturated heterocycles. The van der Waals surface area contributed by atoms with E-state index in [0.29, 0.717) is 19.5 Å². The lowest BCUT2D eigenvalue weighted by Crippen LogP contribution is -2.47. The molecule has 16 heavy (non-hydrogen) atoms. The van der Waals surface area contributed by atoms with Crippen LogP contribution in [0.2, 0.25) is 0 Å². The van der Waals surface area contributed by atoms with Crippen LogP contribution in [0.15, 0.2) is 0 Å². The average Bonchev–Trinajstić information content (AvgIpc) is 2.61. The SMILES string of the molecule is COC(C)(C)C(=O)N1CCC(C)(C(N)=O)C1. The molecule has 0 aromatic heterocycles. The molecule has 2 amide bonds. The predicted molar refractivity (Wildman–Crippen MR) is 59.6 cm³/mol. The van der Waals surface area contributed by atoms with Gasteiger partial charge in [-0.1, -0.05) is 0 Å². The molecule has 0 radical (unpaired) electrons. The van der Waals surface area contributed by atoms with Gasteiger partial charge in [0.05, 0.1) is 5.41 Å². The fourth-order valence-electron chi connectivity index (χ4n) is 1.80. The molecule has 0 aromatic rings. The zero-order valence-electron chi connectivity index (χ0n) is 10.4. The third kappa shape index (κ3) is 2.19. The van der Waals surface area contributed by atoms with Gasteiger partial charge in [0.25, 0.3) is 5.91 Å². The van der Waals surface area contributed by atoms with E-state index in [9.17, 15) is 9.59 Å². The zero-order chi connectivity index (χ0) is 12.6. The Hall–Kier alpha value is -1.10. The summed E-state index contributed by atoms with van der Waals surface area (Å²) >= 11 is 0. The fraction of sp³-hybridized carbons (Fsp3) is 0.818. The molecule has 1 fully saturated rings. The van der Waals surface area contributed by atoms with Crippen LogP contribution in [0.25, 0.3) is 0 Å². The third-order valence-corrected chi connectivity index (χ3v) is 3.38. The van der Waals surface area contributed by atoms with Gasteiger partial charge in [0.2, 0.25) is 5.91 Å². The summed E-state index contributed by atoms with van der Waals surface area (Å²) in [4.78, 5) is 25.0. The number of ether oxygens (including phenoxy) is 1.